The molecule has 2 aromatic heterocycles. The second-order valence-corrected chi connectivity index (χ2v) is 8.60. The molecule has 1 aromatic carbocycles. The van der Waals surface area contributed by atoms with E-state index in [0.717, 1.165) is 23.8 Å². The quantitative estimate of drug-likeness (QED) is 0.484. The van der Waals surface area contributed by atoms with Gasteiger partial charge in [-0.25, -0.2) is 27.5 Å². The second-order valence-electron chi connectivity index (χ2n) is 6.42. The highest BCUT2D eigenvalue weighted by Gasteiger charge is 2.16. The maximum absolute atomic E-state index is 13.2. The molecule has 0 radical (unpaired) electrons. The van der Waals surface area contributed by atoms with Crippen LogP contribution in [0.15, 0.2) is 53.8 Å². The number of hydrogen-bond donors (Lipinski definition) is 1. The highest BCUT2D eigenvalue weighted by Crippen LogP contribution is 2.19. The van der Waals surface area contributed by atoms with E-state index in [0.29, 0.717) is 18.0 Å². The number of nitrogens with one attached hydrogen (secondary N) is 1. The molecule has 0 fully saturated rings. The van der Waals surface area contributed by atoms with Crippen molar-refractivity contribution in [2.45, 2.75) is 24.3 Å². The van der Waals surface area contributed by atoms with Gasteiger partial charge in [0.25, 0.3) is 0 Å². The zero-order valence-corrected chi connectivity index (χ0v) is 18.0. The van der Waals surface area contributed by atoms with E-state index >= 15 is 0 Å². The smallest absolute Gasteiger partial charge is 0.240 e. The van der Waals surface area contributed by atoms with Crippen LogP contribution in [0.2, 0.25) is 5.02 Å². The Hall–Kier alpha value is -2.95. The molecule has 2 heterocycles. The van der Waals surface area contributed by atoms with Gasteiger partial charge in [-0.15, -0.1) is 0 Å². The van der Waals surface area contributed by atoms with Gasteiger partial charge in [-0.1, -0.05) is 11.6 Å². The number of aromatic nitrogens is 3. The van der Waals surface area contributed by atoms with Crippen molar-refractivity contribution < 1.29 is 22.3 Å². The topological polar surface area (TPSA) is 111 Å². The van der Waals surface area contributed by atoms with Crippen LogP contribution in [0.5, 0.6) is 5.88 Å². The molecule has 0 amide bonds. The fraction of sp³-hybridized carbons (Fsp3) is 0.200. The molecule has 0 atom stereocenters. The largest absolute Gasteiger partial charge is 0.481 e. The third kappa shape index (κ3) is 6.03. The summed E-state index contributed by atoms with van der Waals surface area (Å²) in [6.45, 7) is -0.157. The van der Waals surface area contributed by atoms with Gasteiger partial charge in [0, 0.05) is 18.7 Å². The maximum Gasteiger partial charge on any atom is 0.240 e. The molecule has 31 heavy (non-hydrogen) atoms. The predicted octanol–water partition coefficient (Wildman–Crippen LogP) is 2.97. The minimum atomic E-state index is -3.92. The number of halogens is 2. The SMILES string of the molecule is COc1cc(CCC(=O)c2cnc(CNS(=O)(=O)c3ccc(F)c(Cl)c3)cn2)ccn1. The summed E-state index contributed by atoms with van der Waals surface area (Å²) in [6, 6.07) is 6.65. The van der Waals surface area contributed by atoms with Crippen molar-refractivity contribution in [3.05, 3.63) is 76.7 Å². The lowest BCUT2D eigenvalue weighted by atomic mass is 10.1. The van der Waals surface area contributed by atoms with Crippen molar-refractivity contribution in [1.82, 2.24) is 19.7 Å². The van der Waals surface area contributed by atoms with Gasteiger partial charge in [0.05, 0.1) is 41.7 Å². The first-order valence-electron chi connectivity index (χ1n) is 9.06. The second kappa shape index (κ2) is 9.90. The molecule has 0 unspecified atom stereocenters. The highest BCUT2D eigenvalue weighted by molar-refractivity contribution is 7.89. The number of hydrogen-bond acceptors (Lipinski definition) is 7. The molecular formula is C20H18ClFN4O4S. The van der Waals surface area contributed by atoms with Crippen LogP contribution >= 0.6 is 11.6 Å². The van der Waals surface area contributed by atoms with Crippen LogP contribution in [0.4, 0.5) is 4.39 Å². The summed E-state index contributed by atoms with van der Waals surface area (Å²) in [5, 5.41) is -0.296. The molecule has 3 rings (SSSR count). The first-order chi connectivity index (χ1) is 14.8. The van der Waals surface area contributed by atoms with Crippen LogP contribution < -0.4 is 9.46 Å². The van der Waals surface area contributed by atoms with Crippen LogP contribution in [0.3, 0.4) is 0 Å². The van der Waals surface area contributed by atoms with Gasteiger partial charge >= 0.3 is 0 Å². The molecule has 0 saturated carbocycles. The van der Waals surface area contributed by atoms with E-state index in [1.165, 1.54) is 19.5 Å². The standard InChI is InChI=1S/C20H18ClFN4O4S/c1-30-20-8-13(6-7-23-20)2-5-19(27)18-12-24-14(10-25-18)11-26-31(28,29)15-3-4-17(22)16(21)9-15/h3-4,6-10,12,26H,2,5,11H2,1H3. The molecule has 0 saturated heterocycles. The average Bonchev–Trinajstić information content (AvgIpc) is 2.78. The van der Waals surface area contributed by atoms with E-state index in [2.05, 4.69) is 19.7 Å². The van der Waals surface area contributed by atoms with Crippen molar-refractivity contribution in [3.63, 3.8) is 0 Å². The summed E-state index contributed by atoms with van der Waals surface area (Å²) in [7, 11) is -2.40. The third-order valence-corrected chi connectivity index (χ3v) is 5.97. The van der Waals surface area contributed by atoms with Gasteiger partial charge in [-0.2, -0.15) is 0 Å². The molecule has 0 spiro atoms. The number of aryl methyl sites for hydroxylation is 1. The molecule has 3 aromatic rings. The number of carbonyl (C=O) groups excluding carboxylic acids is 1. The van der Waals surface area contributed by atoms with E-state index in [9.17, 15) is 17.6 Å². The summed E-state index contributed by atoms with van der Waals surface area (Å²) in [4.78, 5) is 24.3. The van der Waals surface area contributed by atoms with E-state index in [1.807, 2.05) is 0 Å². The Bertz CT molecular complexity index is 1190. The summed E-state index contributed by atoms with van der Waals surface area (Å²) in [6.07, 6.45) is 4.94. The van der Waals surface area contributed by atoms with Crippen molar-refractivity contribution in [2.24, 2.45) is 0 Å². The Morgan fingerprint density at radius 1 is 1.16 bits per heavy atom. The van der Waals surface area contributed by atoms with Gasteiger partial charge in [-0.3, -0.25) is 9.78 Å². The number of carbonyl (C=O) groups is 1. The summed E-state index contributed by atoms with van der Waals surface area (Å²) >= 11 is 5.63. The number of methoxy groups -OCH3 is 1. The molecule has 162 valence electrons. The number of Topliss-reactive ketones (excluding diaryl/α,β-unsaturated/α-hetero) is 1. The number of nitrogens with zero attached hydrogens (tertiary/aromatic N) is 3. The van der Waals surface area contributed by atoms with Crippen molar-refractivity contribution in [1.29, 1.82) is 0 Å². The molecule has 0 bridgehead atoms. The van der Waals surface area contributed by atoms with Gasteiger partial charge in [0.1, 0.15) is 11.5 Å². The molecule has 8 nitrogen and oxygen atoms in total. The number of rotatable bonds is 9. The third-order valence-electron chi connectivity index (χ3n) is 4.28. The van der Waals surface area contributed by atoms with Crippen LogP contribution in [-0.4, -0.2) is 36.3 Å². The minimum absolute atomic E-state index is 0.157. The van der Waals surface area contributed by atoms with Crippen molar-refractivity contribution >= 4 is 27.4 Å². The van der Waals surface area contributed by atoms with E-state index in [4.69, 9.17) is 16.3 Å². The Morgan fingerprint density at radius 3 is 2.65 bits per heavy atom. The average molecular weight is 465 g/mol. The van der Waals surface area contributed by atoms with Gasteiger partial charge in [0.15, 0.2) is 5.78 Å². The minimum Gasteiger partial charge on any atom is -0.481 e. The first-order valence-corrected chi connectivity index (χ1v) is 10.9. The Balaban J connectivity index is 1.58. The zero-order valence-electron chi connectivity index (χ0n) is 16.4. The van der Waals surface area contributed by atoms with Gasteiger partial charge in [0.2, 0.25) is 15.9 Å². The van der Waals surface area contributed by atoms with Crippen LogP contribution in [-0.2, 0) is 23.0 Å². The number of sulfonamides is 1. The first kappa shape index (κ1) is 22.7. The van der Waals surface area contributed by atoms with Crippen molar-refractivity contribution in [3.8, 4) is 5.88 Å². The monoisotopic (exact) mass is 464 g/mol. The maximum atomic E-state index is 13.2. The summed E-state index contributed by atoms with van der Waals surface area (Å²) in [5.74, 6) is -0.439. The normalized spacial score (nSPS) is 11.3. The Labute approximate surface area is 183 Å². The van der Waals surface area contributed by atoms with Gasteiger partial charge < -0.3 is 4.74 Å². The fourth-order valence-electron chi connectivity index (χ4n) is 2.59. The van der Waals surface area contributed by atoms with E-state index in [1.54, 1.807) is 18.3 Å². The fourth-order valence-corrected chi connectivity index (χ4v) is 3.86. The van der Waals surface area contributed by atoms with Crippen molar-refractivity contribution in [2.75, 3.05) is 7.11 Å². The molecule has 0 aliphatic heterocycles. The molecule has 1 N–H and O–H groups in total. The number of pyridine rings is 1. The number of benzene rings is 1. The molecule has 0 aliphatic carbocycles. The number of ether oxygens (including phenoxy) is 1. The lowest BCUT2D eigenvalue weighted by Gasteiger charge is -2.07. The summed E-state index contributed by atoms with van der Waals surface area (Å²) in [5.41, 5.74) is 1.39. The Kier molecular flexibility index (Phi) is 7.26. The molecule has 11 heteroatoms. The van der Waals surface area contributed by atoms with Crippen LogP contribution in [0, 0.1) is 5.82 Å². The molecule has 0 aliphatic rings. The predicted molar refractivity (Wildman–Crippen MR) is 111 cm³/mol. The van der Waals surface area contributed by atoms with Gasteiger partial charge in [-0.05, 0) is 36.2 Å². The summed E-state index contributed by atoms with van der Waals surface area (Å²) < 4.78 is 45.2. The Morgan fingerprint density at radius 2 is 1.97 bits per heavy atom. The zero-order chi connectivity index (χ0) is 22.4. The highest BCUT2D eigenvalue weighted by atomic mass is 35.5. The van der Waals surface area contributed by atoms with Crippen LogP contribution in [0.1, 0.15) is 28.2 Å². The lowest BCUT2D eigenvalue weighted by molar-refractivity contribution is 0.0977. The van der Waals surface area contributed by atoms with Crippen LogP contribution in [0.25, 0.3) is 0 Å². The van der Waals surface area contributed by atoms with E-state index < -0.39 is 15.8 Å². The lowest BCUT2D eigenvalue weighted by Crippen LogP contribution is -2.24. The number of ketones is 1. The molecular weight excluding hydrogens is 447 g/mol. The van der Waals surface area contributed by atoms with E-state index in [-0.39, 0.29) is 34.4 Å².